The van der Waals surface area contributed by atoms with Gasteiger partial charge in [-0.3, -0.25) is 4.79 Å². The van der Waals surface area contributed by atoms with Crippen LogP contribution in [0.4, 0.5) is 17.6 Å². The number of alkyl halides is 3. The van der Waals surface area contributed by atoms with Gasteiger partial charge in [-0.2, -0.15) is 18.2 Å². The number of hydrogen-bond donors (Lipinski definition) is 1. The first kappa shape index (κ1) is 21.8. The van der Waals surface area contributed by atoms with E-state index < -0.39 is 23.5 Å². The zero-order valence-electron chi connectivity index (χ0n) is 15.5. The van der Waals surface area contributed by atoms with Crippen molar-refractivity contribution in [3.8, 4) is 11.4 Å². The molecule has 0 atom stereocenters. The van der Waals surface area contributed by atoms with Crippen LogP contribution in [0, 0.1) is 5.82 Å². The van der Waals surface area contributed by atoms with Gasteiger partial charge >= 0.3 is 6.18 Å². The second kappa shape index (κ2) is 9.25. The molecule has 0 fully saturated rings. The number of aromatic nitrogens is 2. The summed E-state index contributed by atoms with van der Waals surface area (Å²) in [4.78, 5) is 16.2. The van der Waals surface area contributed by atoms with Crippen molar-refractivity contribution in [1.82, 2.24) is 15.5 Å². The van der Waals surface area contributed by atoms with Crippen LogP contribution in [-0.2, 0) is 23.9 Å². The fraction of sp³-hybridized carbons (Fsp3) is 0.250. The molecule has 158 valence electrons. The Morgan fingerprint density at radius 1 is 1.13 bits per heavy atom. The van der Waals surface area contributed by atoms with Crippen molar-refractivity contribution in [3.63, 3.8) is 0 Å². The Hall–Kier alpha value is -2.94. The van der Waals surface area contributed by atoms with Crippen LogP contribution in [0.5, 0.6) is 0 Å². The molecule has 10 heteroatoms. The fourth-order valence-corrected chi connectivity index (χ4v) is 2.85. The van der Waals surface area contributed by atoms with Crippen LogP contribution in [0.2, 0.25) is 5.02 Å². The molecule has 30 heavy (non-hydrogen) atoms. The van der Waals surface area contributed by atoms with Crippen molar-refractivity contribution in [1.29, 1.82) is 0 Å². The number of nitrogens with zero attached hydrogens (tertiary/aromatic N) is 2. The van der Waals surface area contributed by atoms with Gasteiger partial charge in [-0.15, -0.1) is 0 Å². The molecule has 0 radical (unpaired) electrons. The SMILES string of the molecule is O=C(CCCc1nc(-c2ccc(Cl)cc2)no1)NCc1ccc(F)cc1C(F)(F)F. The molecule has 1 aromatic heterocycles. The molecule has 0 aliphatic heterocycles. The summed E-state index contributed by atoms with van der Waals surface area (Å²) in [5.41, 5.74) is -0.586. The second-order valence-electron chi connectivity index (χ2n) is 6.45. The lowest BCUT2D eigenvalue weighted by molar-refractivity contribution is -0.138. The number of nitrogens with one attached hydrogen (secondary N) is 1. The maximum absolute atomic E-state index is 13.1. The van der Waals surface area contributed by atoms with Gasteiger partial charge < -0.3 is 9.84 Å². The highest BCUT2D eigenvalue weighted by Crippen LogP contribution is 2.32. The highest BCUT2D eigenvalue weighted by Gasteiger charge is 2.33. The van der Waals surface area contributed by atoms with Gasteiger partial charge in [0.05, 0.1) is 5.56 Å². The Labute approximate surface area is 174 Å². The van der Waals surface area contributed by atoms with Crippen molar-refractivity contribution in [2.45, 2.75) is 32.0 Å². The van der Waals surface area contributed by atoms with Crippen LogP contribution in [0.15, 0.2) is 47.0 Å². The van der Waals surface area contributed by atoms with E-state index >= 15 is 0 Å². The normalized spacial score (nSPS) is 11.5. The molecule has 2 aromatic carbocycles. The lowest BCUT2D eigenvalue weighted by Gasteiger charge is -2.13. The van der Waals surface area contributed by atoms with Gasteiger partial charge in [-0.25, -0.2) is 4.39 Å². The number of hydrogen-bond acceptors (Lipinski definition) is 4. The predicted molar refractivity (Wildman–Crippen MR) is 101 cm³/mol. The summed E-state index contributed by atoms with van der Waals surface area (Å²) in [6, 6.07) is 9.23. The standard InChI is InChI=1S/C20H16ClF4N3O2/c21-14-7-4-12(5-8-14)19-27-18(30-28-19)3-1-2-17(29)26-11-13-6-9-15(22)10-16(13)20(23,24)25/h4-10H,1-3,11H2,(H,26,29). The molecular weight excluding hydrogens is 426 g/mol. The van der Waals surface area contributed by atoms with Crippen LogP contribution >= 0.6 is 11.6 Å². The molecule has 0 saturated heterocycles. The zero-order chi connectivity index (χ0) is 21.7. The number of carbonyl (C=O) groups excluding carboxylic acids is 1. The quantitative estimate of drug-likeness (QED) is 0.512. The van der Waals surface area contributed by atoms with E-state index in [-0.39, 0.29) is 18.5 Å². The smallest absolute Gasteiger partial charge is 0.352 e. The first-order valence-corrected chi connectivity index (χ1v) is 9.31. The Balaban J connectivity index is 1.49. The molecule has 1 N–H and O–H groups in total. The molecule has 0 aliphatic rings. The van der Waals surface area contributed by atoms with E-state index in [1.165, 1.54) is 0 Å². The molecule has 0 saturated carbocycles. The highest BCUT2D eigenvalue weighted by atomic mass is 35.5. The molecule has 5 nitrogen and oxygen atoms in total. The van der Waals surface area contributed by atoms with Gasteiger partial charge in [0.25, 0.3) is 0 Å². The average molecular weight is 442 g/mol. The third-order valence-corrected chi connectivity index (χ3v) is 4.47. The topological polar surface area (TPSA) is 68.0 Å². The van der Waals surface area contributed by atoms with Crippen LogP contribution < -0.4 is 5.32 Å². The van der Waals surface area contributed by atoms with Crippen LogP contribution in [0.1, 0.15) is 29.9 Å². The summed E-state index contributed by atoms with van der Waals surface area (Å²) >= 11 is 5.83. The van der Waals surface area contributed by atoms with Gasteiger partial charge in [-0.05, 0) is 48.4 Å². The highest BCUT2D eigenvalue weighted by molar-refractivity contribution is 6.30. The monoisotopic (exact) mass is 441 g/mol. The summed E-state index contributed by atoms with van der Waals surface area (Å²) < 4.78 is 57.2. The largest absolute Gasteiger partial charge is 0.416 e. The first-order valence-electron chi connectivity index (χ1n) is 8.93. The van der Waals surface area contributed by atoms with Crippen LogP contribution in [0.25, 0.3) is 11.4 Å². The Kier molecular flexibility index (Phi) is 6.71. The van der Waals surface area contributed by atoms with E-state index in [1.54, 1.807) is 24.3 Å². The van der Waals surface area contributed by atoms with Crippen LogP contribution in [-0.4, -0.2) is 16.0 Å². The average Bonchev–Trinajstić information content (AvgIpc) is 3.16. The Bertz CT molecular complexity index is 1020. The zero-order valence-corrected chi connectivity index (χ0v) is 16.2. The second-order valence-corrected chi connectivity index (χ2v) is 6.88. The molecule has 0 aliphatic carbocycles. The van der Waals surface area contributed by atoms with E-state index in [1.807, 2.05) is 0 Å². The lowest BCUT2D eigenvalue weighted by atomic mass is 10.1. The summed E-state index contributed by atoms with van der Waals surface area (Å²) in [7, 11) is 0. The Morgan fingerprint density at radius 2 is 1.87 bits per heavy atom. The minimum absolute atomic E-state index is 0.0568. The number of aryl methyl sites for hydroxylation is 1. The number of amides is 1. The van der Waals surface area contributed by atoms with E-state index in [2.05, 4.69) is 15.5 Å². The van der Waals surface area contributed by atoms with E-state index in [9.17, 15) is 22.4 Å². The molecule has 3 aromatic rings. The van der Waals surface area contributed by atoms with Crippen LogP contribution in [0.3, 0.4) is 0 Å². The molecular formula is C20H16ClF4N3O2. The van der Waals surface area contributed by atoms with Crippen molar-refractivity contribution < 1.29 is 26.9 Å². The van der Waals surface area contributed by atoms with Crippen molar-refractivity contribution in [2.75, 3.05) is 0 Å². The van der Waals surface area contributed by atoms with Crippen molar-refractivity contribution in [3.05, 3.63) is 70.3 Å². The van der Waals surface area contributed by atoms with Gasteiger partial charge in [-0.1, -0.05) is 22.8 Å². The summed E-state index contributed by atoms with van der Waals surface area (Å²) in [6.45, 7) is -0.352. The molecule has 1 heterocycles. The molecule has 0 spiro atoms. The van der Waals surface area contributed by atoms with E-state index in [0.717, 1.165) is 17.7 Å². The van der Waals surface area contributed by atoms with E-state index in [0.29, 0.717) is 35.6 Å². The number of carbonyl (C=O) groups is 1. The van der Waals surface area contributed by atoms with Crippen molar-refractivity contribution >= 4 is 17.5 Å². The Morgan fingerprint density at radius 3 is 2.57 bits per heavy atom. The predicted octanol–water partition coefficient (Wildman–Crippen LogP) is 5.19. The number of benzene rings is 2. The maximum atomic E-state index is 13.1. The molecule has 0 unspecified atom stereocenters. The third-order valence-electron chi connectivity index (χ3n) is 4.22. The molecule has 3 rings (SSSR count). The number of halogens is 5. The van der Waals surface area contributed by atoms with Gasteiger partial charge in [0.2, 0.25) is 17.6 Å². The number of rotatable bonds is 7. The summed E-state index contributed by atoms with van der Waals surface area (Å²) in [5, 5.41) is 6.86. The van der Waals surface area contributed by atoms with Gasteiger partial charge in [0.1, 0.15) is 5.82 Å². The summed E-state index contributed by atoms with van der Waals surface area (Å²) in [5.74, 6) is -0.701. The minimum atomic E-state index is -4.71. The molecule has 0 bridgehead atoms. The third kappa shape index (κ3) is 5.79. The van der Waals surface area contributed by atoms with E-state index in [4.69, 9.17) is 16.1 Å². The summed E-state index contributed by atoms with van der Waals surface area (Å²) in [6.07, 6.45) is -3.95. The lowest BCUT2D eigenvalue weighted by Crippen LogP contribution is -2.24. The fourth-order valence-electron chi connectivity index (χ4n) is 2.72. The van der Waals surface area contributed by atoms with Gasteiger partial charge in [0.15, 0.2) is 0 Å². The van der Waals surface area contributed by atoms with Gasteiger partial charge in [0, 0.05) is 30.0 Å². The van der Waals surface area contributed by atoms with Crippen molar-refractivity contribution in [2.24, 2.45) is 0 Å². The molecule has 1 amide bonds. The minimum Gasteiger partial charge on any atom is -0.352 e. The first-order chi connectivity index (χ1) is 14.2. The maximum Gasteiger partial charge on any atom is 0.416 e.